The Morgan fingerprint density at radius 3 is 2.57 bits per heavy atom. The lowest BCUT2D eigenvalue weighted by molar-refractivity contribution is 1.17. The van der Waals surface area contributed by atoms with E-state index in [9.17, 15) is 0 Å². The van der Waals surface area contributed by atoms with Gasteiger partial charge in [0.2, 0.25) is 0 Å². The van der Waals surface area contributed by atoms with Gasteiger partial charge in [-0.2, -0.15) is 0 Å². The molecule has 0 fully saturated rings. The minimum atomic E-state index is 0.699. The van der Waals surface area contributed by atoms with Crippen molar-refractivity contribution in [1.29, 1.82) is 0 Å². The number of hydrogen-bond donors (Lipinski definition) is 2. The van der Waals surface area contributed by atoms with E-state index in [0.29, 0.717) is 5.82 Å². The molecule has 0 bridgehead atoms. The van der Waals surface area contributed by atoms with E-state index in [1.807, 2.05) is 24.3 Å². The Morgan fingerprint density at radius 1 is 1.07 bits per heavy atom. The van der Waals surface area contributed by atoms with E-state index in [1.54, 1.807) is 18.5 Å². The zero-order valence-corrected chi connectivity index (χ0v) is 7.51. The molecular weight excluding hydrogens is 176 g/mol. The summed E-state index contributed by atoms with van der Waals surface area (Å²) in [5.74, 6) is 6.00. The third-order valence-corrected chi connectivity index (χ3v) is 1.85. The van der Waals surface area contributed by atoms with Gasteiger partial charge in [0.1, 0.15) is 0 Å². The second-order valence-electron chi connectivity index (χ2n) is 2.80. The quantitative estimate of drug-likeness (QED) is 0.550. The van der Waals surface area contributed by atoms with Crippen LogP contribution in [0.3, 0.4) is 0 Å². The highest BCUT2D eigenvalue weighted by atomic mass is 15.2. The van der Waals surface area contributed by atoms with Crippen LogP contribution in [0.4, 0.5) is 5.69 Å². The molecule has 1 aromatic heterocycles. The molecule has 0 aliphatic heterocycles. The molecule has 0 saturated heterocycles. The molecule has 0 radical (unpaired) electrons. The lowest BCUT2D eigenvalue weighted by atomic mass is 10.2. The molecule has 0 unspecified atom stereocenters. The lowest BCUT2D eigenvalue weighted by Gasteiger charge is -2.02. The van der Waals surface area contributed by atoms with Crippen molar-refractivity contribution in [2.45, 2.75) is 0 Å². The van der Waals surface area contributed by atoms with E-state index in [2.05, 4.69) is 15.4 Å². The van der Waals surface area contributed by atoms with Crippen molar-refractivity contribution in [3.05, 3.63) is 42.7 Å². The zero-order valence-electron chi connectivity index (χ0n) is 7.51. The smallest absolute Gasteiger partial charge is 0.159 e. The Kier molecular flexibility index (Phi) is 2.38. The summed E-state index contributed by atoms with van der Waals surface area (Å²) in [6.07, 6.45) is 3.43. The van der Waals surface area contributed by atoms with Crippen molar-refractivity contribution < 1.29 is 0 Å². The molecule has 0 amide bonds. The molecule has 70 valence electrons. The summed E-state index contributed by atoms with van der Waals surface area (Å²) in [5.41, 5.74) is 4.37. The largest absolute Gasteiger partial charge is 0.324 e. The van der Waals surface area contributed by atoms with Crippen LogP contribution in [0.15, 0.2) is 42.7 Å². The number of hydrogen-bond acceptors (Lipinski definition) is 4. The van der Waals surface area contributed by atoms with Crippen molar-refractivity contribution in [3.63, 3.8) is 0 Å². The first-order chi connectivity index (χ1) is 6.90. The number of hydrazine groups is 1. The fraction of sp³-hybridized carbons (Fsp3) is 0. The van der Waals surface area contributed by atoms with Gasteiger partial charge in [-0.3, -0.25) is 5.84 Å². The van der Waals surface area contributed by atoms with Gasteiger partial charge in [0.25, 0.3) is 0 Å². The maximum absolute atomic E-state index is 5.31. The highest BCUT2D eigenvalue weighted by Crippen LogP contribution is 2.17. The molecule has 3 N–H and O–H groups in total. The molecule has 1 aromatic carbocycles. The molecule has 0 saturated carbocycles. The van der Waals surface area contributed by atoms with Crippen LogP contribution >= 0.6 is 0 Å². The van der Waals surface area contributed by atoms with Crippen LogP contribution < -0.4 is 11.3 Å². The van der Waals surface area contributed by atoms with Gasteiger partial charge in [0.15, 0.2) is 5.82 Å². The molecule has 0 atom stereocenters. The topological polar surface area (TPSA) is 63.8 Å². The second-order valence-corrected chi connectivity index (χ2v) is 2.80. The van der Waals surface area contributed by atoms with Gasteiger partial charge in [-0.15, -0.1) is 0 Å². The first-order valence-corrected chi connectivity index (χ1v) is 4.24. The van der Waals surface area contributed by atoms with Crippen LogP contribution in [0.2, 0.25) is 0 Å². The van der Waals surface area contributed by atoms with Crippen molar-refractivity contribution >= 4 is 5.69 Å². The number of anilines is 1. The van der Waals surface area contributed by atoms with E-state index in [4.69, 9.17) is 5.84 Å². The fourth-order valence-corrected chi connectivity index (χ4v) is 1.20. The van der Waals surface area contributed by atoms with Crippen LogP contribution in [-0.2, 0) is 0 Å². The van der Waals surface area contributed by atoms with E-state index >= 15 is 0 Å². The maximum atomic E-state index is 5.31. The number of aromatic nitrogens is 2. The van der Waals surface area contributed by atoms with Crippen LogP contribution in [-0.4, -0.2) is 9.97 Å². The average molecular weight is 186 g/mol. The van der Waals surface area contributed by atoms with Gasteiger partial charge in [-0.05, 0) is 18.2 Å². The molecule has 1 heterocycles. The van der Waals surface area contributed by atoms with E-state index in [0.717, 1.165) is 11.3 Å². The highest BCUT2D eigenvalue weighted by Gasteiger charge is 1.99. The monoisotopic (exact) mass is 186 g/mol. The summed E-state index contributed by atoms with van der Waals surface area (Å²) in [6.45, 7) is 0. The SMILES string of the molecule is NNc1cccc(-c2ncccn2)c1. The van der Waals surface area contributed by atoms with Crippen molar-refractivity contribution in [1.82, 2.24) is 9.97 Å². The summed E-state index contributed by atoms with van der Waals surface area (Å²) < 4.78 is 0. The van der Waals surface area contributed by atoms with E-state index < -0.39 is 0 Å². The number of rotatable bonds is 2. The Labute approximate surface area is 81.8 Å². The van der Waals surface area contributed by atoms with Gasteiger partial charge in [-0.1, -0.05) is 12.1 Å². The molecule has 2 aromatic rings. The predicted octanol–water partition coefficient (Wildman–Crippen LogP) is 1.43. The minimum absolute atomic E-state index is 0.699. The molecule has 0 aliphatic carbocycles. The predicted molar refractivity (Wildman–Crippen MR) is 55.3 cm³/mol. The average Bonchev–Trinajstić information content (AvgIpc) is 2.30. The molecule has 0 spiro atoms. The molecule has 14 heavy (non-hydrogen) atoms. The van der Waals surface area contributed by atoms with Crippen LogP contribution in [0, 0.1) is 0 Å². The summed E-state index contributed by atoms with van der Waals surface area (Å²) in [6, 6.07) is 9.41. The second kappa shape index (κ2) is 3.85. The van der Waals surface area contributed by atoms with Gasteiger partial charge in [-0.25, -0.2) is 9.97 Å². The minimum Gasteiger partial charge on any atom is -0.324 e. The number of nitrogen functional groups attached to an aromatic ring is 1. The standard InChI is InChI=1S/C10H10N4/c11-14-9-4-1-3-8(7-9)10-12-5-2-6-13-10/h1-7,14H,11H2. The van der Waals surface area contributed by atoms with E-state index in [-0.39, 0.29) is 0 Å². The van der Waals surface area contributed by atoms with Crippen molar-refractivity contribution in [2.24, 2.45) is 5.84 Å². The zero-order chi connectivity index (χ0) is 9.80. The Morgan fingerprint density at radius 2 is 1.86 bits per heavy atom. The van der Waals surface area contributed by atoms with Gasteiger partial charge < -0.3 is 5.43 Å². The Hall–Kier alpha value is -1.94. The third kappa shape index (κ3) is 1.70. The molecule has 2 rings (SSSR count). The Balaban J connectivity index is 2.42. The summed E-state index contributed by atoms with van der Waals surface area (Å²) in [7, 11) is 0. The van der Waals surface area contributed by atoms with Gasteiger partial charge in [0.05, 0.1) is 0 Å². The Bertz CT molecular complexity index is 413. The van der Waals surface area contributed by atoms with Gasteiger partial charge >= 0.3 is 0 Å². The molecule has 0 aliphatic rings. The van der Waals surface area contributed by atoms with Crippen molar-refractivity contribution in [3.8, 4) is 11.4 Å². The van der Waals surface area contributed by atoms with Crippen molar-refractivity contribution in [2.75, 3.05) is 5.43 Å². The molecule has 4 nitrogen and oxygen atoms in total. The summed E-state index contributed by atoms with van der Waals surface area (Å²) in [5, 5.41) is 0. The number of nitrogens with zero attached hydrogens (tertiary/aromatic N) is 2. The van der Waals surface area contributed by atoms with Crippen LogP contribution in [0.1, 0.15) is 0 Å². The number of benzene rings is 1. The normalized spacial score (nSPS) is 9.79. The van der Waals surface area contributed by atoms with Crippen LogP contribution in [0.25, 0.3) is 11.4 Å². The maximum Gasteiger partial charge on any atom is 0.159 e. The highest BCUT2D eigenvalue weighted by molar-refractivity contribution is 5.61. The first-order valence-electron chi connectivity index (χ1n) is 4.24. The first kappa shape index (κ1) is 8.65. The fourth-order valence-electron chi connectivity index (χ4n) is 1.20. The third-order valence-electron chi connectivity index (χ3n) is 1.85. The summed E-state index contributed by atoms with van der Waals surface area (Å²) >= 11 is 0. The van der Waals surface area contributed by atoms with Crippen LogP contribution in [0.5, 0.6) is 0 Å². The summed E-state index contributed by atoms with van der Waals surface area (Å²) in [4.78, 5) is 8.29. The number of nitrogens with one attached hydrogen (secondary N) is 1. The number of nitrogens with two attached hydrogens (primary N) is 1. The molecular formula is C10H10N4. The van der Waals surface area contributed by atoms with Gasteiger partial charge in [0, 0.05) is 23.6 Å². The molecule has 4 heteroatoms. The lowest BCUT2D eigenvalue weighted by Crippen LogP contribution is -2.06. The van der Waals surface area contributed by atoms with E-state index in [1.165, 1.54) is 0 Å².